The summed E-state index contributed by atoms with van der Waals surface area (Å²) < 4.78 is 127. The van der Waals surface area contributed by atoms with Crippen molar-refractivity contribution in [3.05, 3.63) is 211 Å². The third-order valence-corrected chi connectivity index (χ3v) is 17.8. The molecule has 5 aliphatic rings. The zero-order valence-corrected chi connectivity index (χ0v) is 82.8. The minimum atomic E-state index is -0.249. The summed E-state index contributed by atoms with van der Waals surface area (Å²) in [6.07, 6.45) is 5.87. The fourth-order valence-electron chi connectivity index (χ4n) is 10.8. The Morgan fingerprint density at radius 2 is 0.549 bits per heavy atom. The molecule has 12 rings (SSSR count). The Bertz CT molecular complexity index is 3200. The van der Waals surface area contributed by atoms with E-state index in [9.17, 15) is 30.7 Å². The van der Waals surface area contributed by atoms with Crippen molar-refractivity contribution in [1.29, 1.82) is 0 Å². The molecule has 5 heterocycles. The van der Waals surface area contributed by atoms with Gasteiger partial charge in [0.2, 0.25) is 0 Å². The van der Waals surface area contributed by atoms with E-state index in [1.54, 1.807) is 84.9 Å². The van der Waals surface area contributed by atoms with Gasteiger partial charge in [0.25, 0.3) is 6.47 Å². The van der Waals surface area contributed by atoms with Crippen molar-refractivity contribution in [2.75, 3.05) is 214 Å². The Hall–Kier alpha value is -2.64. The number of ether oxygens (including phenoxy) is 7. The van der Waals surface area contributed by atoms with E-state index < -0.39 is 0 Å². The summed E-state index contributed by atoms with van der Waals surface area (Å²) >= 11 is 6.52. The number of likely N-dealkylation sites (N-methyl/N-ethyl adjacent to an activating group) is 1. The van der Waals surface area contributed by atoms with Crippen molar-refractivity contribution in [2.45, 2.75) is 32.1 Å². The second kappa shape index (κ2) is 71.1. The van der Waals surface area contributed by atoms with Gasteiger partial charge in [-0.25, -0.2) is 30.7 Å². The number of carbonyl (C=O) groups is 1. The van der Waals surface area contributed by atoms with Crippen LogP contribution in [0.1, 0.15) is 33.5 Å². The molecule has 0 radical (unpaired) electrons. The van der Waals surface area contributed by atoms with Gasteiger partial charge in [-0.2, -0.15) is 0 Å². The molecule has 113 heavy (non-hydrogen) atoms. The monoisotopic (exact) mass is 2000 g/mol. The standard InChI is InChI=1S/C21H26F2N2O2.C13H18FNO.2C12H17FN2O.C9H10BrFO.C8H8BrFO.C5H12N2.CH2O3.2ClH.2Cs.H/c22-18-2-6-20(7-3-18)26-16-1-10-24-11-13-25(14-12-24)15-17-27-21-8-4-19(23)5-9-21;14-12-4-6-13(7-5-12)16-11-10-15-8-2-1-3-9-15;2*13-11-1-3-12(4-2-11)16-10-9-15-7-5-14-6-8-15;10-6-1-7-12-9-4-2-8(11)3-5-9;9-5-6-11-8-3-1-7(10)2-4-8;1-7-4-2-6-3-5-7;2-1-4-3;;;;;/h2-9H,1,10-17H2;4-7H,1-3,8-11H2;2*1-4,14H,5-10H2;2-5H,1,6-7H2;1-4H,5-6H2;6H,2-5H2,1H3;1,3H;2*1H;;;/q;;;;;;;;;;2*+1;-1/p-1. The Morgan fingerprint density at radius 3 is 0.788 bits per heavy atom. The molecule has 0 atom stereocenters. The number of piperidine rings is 1. The van der Waals surface area contributed by atoms with E-state index in [1.807, 2.05) is 0 Å². The van der Waals surface area contributed by atoms with Crippen LogP contribution in [-0.4, -0.2) is 250 Å². The largest absolute Gasteiger partial charge is 1.00 e. The molecule has 7 aromatic carbocycles. The minimum absolute atomic E-state index is 0. The number of piperazine rings is 4. The van der Waals surface area contributed by atoms with Gasteiger partial charge in [-0.3, -0.25) is 24.4 Å². The number of carbonyl (C=O) groups excluding carboxylic acids is 1. The van der Waals surface area contributed by atoms with E-state index in [0.717, 1.165) is 171 Å². The maximum Gasteiger partial charge on any atom is 1.00 e. The second-order valence-electron chi connectivity index (χ2n) is 25.2. The van der Waals surface area contributed by atoms with E-state index in [-0.39, 0.29) is 211 Å². The van der Waals surface area contributed by atoms with Crippen LogP contribution in [0.5, 0.6) is 40.2 Å². The number of rotatable bonds is 29. The molecule has 5 saturated heterocycles. The van der Waals surface area contributed by atoms with Gasteiger partial charge in [-0.15, -0.1) is 24.8 Å². The van der Waals surface area contributed by atoms with Crippen LogP contribution in [0.4, 0.5) is 30.7 Å². The van der Waals surface area contributed by atoms with Gasteiger partial charge in [0.05, 0.1) is 19.8 Å². The Balaban J connectivity index is 0.00000132. The SMILES string of the molecule is CN1CCNCC1.Cl.Cl.Fc1ccc(OCCBr)cc1.Fc1ccc(OCCCBr)cc1.Fc1ccc(OCCCN2CCN(CCOc3ccc(F)cc3)CC2)cc1.Fc1ccc(OCCN2CCCCC2)cc1.Fc1ccc(OCCN2CCNCC2)cc1.Fc1ccc(OCCN2CCNCC2)cc1.O=CO[O-].[Cs+].[Cs+].[H-]. The molecule has 0 saturated carbocycles. The predicted octanol–water partition coefficient (Wildman–Crippen LogP) is 6.85. The first kappa shape index (κ1) is 108. The quantitative estimate of drug-likeness (QED) is 0.0111. The first-order valence-electron chi connectivity index (χ1n) is 37.1. The Morgan fingerprint density at radius 1 is 0.327 bits per heavy atom. The molecular formula is C81H112Br2Cl2Cs2F7N9O10. The molecule has 32 heteroatoms. The molecular weight excluding hydrogens is 1890 g/mol. The van der Waals surface area contributed by atoms with Gasteiger partial charge in [0.1, 0.15) is 107 Å². The normalized spacial score (nSPS) is 14.8. The molecule has 0 spiro atoms. The van der Waals surface area contributed by atoms with E-state index in [2.05, 4.69) is 89.1 Å². The zero-order valence-electron chi connectivity index (χ0n) is 66.4. The van der Waals surface area contributed by atoms with Crippen LogP contribution in [-0.2, 0) is 9.68 Å². The molecule has 3 N–H and O–H groups in total. The molecule has 620 valence electrons. The molecule has 0 bridgehead atoms. The third-order valence-electron chi connectivity index (χ3n) is 16.9. The summed E-state index contributed by atoms with van der Waals surface area (Å²) in [6.45, 7) is 28.8. The third kappa shape index (κ3) is 55.8. The van der Waals surface area contributed by atoms with Crippen molar-refractivity contribution in [2.24, 2.45) is 0 Å². The van der Waals surface area contributed by atoms with Gasteiger partial charge in [0, 0.05) is 148 Å². The first-order chi connectivity index (χ1) is 53.2. The van der Waals surface area contributed by atoms with Gasteiger partial charge in [-0.1, -0.05) is 38.3 Å². The molecule has 0 aliphatic carbocycles. The van der Waals surface area contributed by atoms with Crippen LogP contribution in [0.15, 0.2) is 170 Å². The number of likely N-dealkylation sites (tertiary alicyclic amines) is 1. The van der Waals surface area contributed by atoms with Crippen LogP contribution in [0.25, 0.3) is 0 Å². The van der Waals surface area contributed by atoms with E-state index in [4.69, 9.17) is 43.2 Å². The molecule has 5 fully saturated rings. The Labute approximate surface area is 812 Å². The fourth-order valence-corrected chi connectivity index (χ4v) is 11.2. The number of halogens is 11. The number of hydrogen-bond acceptors (Lipinski definition) is 19. The second-order valence-corrected chi connectivity index (χ2v) is 26.8. The summed E-state index contributed by atoms with van der Waals surface area (Å²) in [4.78, 5) is 25.5. The number of hydrogen-bond donors (Lipinski definition) is 3. The molecule has 5 aliphatic heterocycles. The molecule has 19 nitrogen and oxygen atoms in total. The number of alkyl halides is 2. The average Bonchev–Trinajstić information content (AvgIpc) is 0.917. The molecule has 0 aromatic heterocycles. The minimum Gasteiger partial charge on any atom is -1.00 e. The van der Waals surface area contributed by atoms with E-state index in [0.29, 0.717) is 63.5 Å². The van der Waals surface area contributed by atoms with Crippen LogP contribution in [0.2, 0.25) is 0 Å². The van der Waals surface area contributed by atoms with Gasteiger partial charge in [-0.05, 0) is 216 Å². The average molecular weight is 2000 g/mol. The van der Waals surface area contributed by atoms with Crippen molar-refractivity contribution < 1.29 is 218 Å². The number of nitrogens with zero attached hydrogens (tertiary/aromatic N) is 6. The maximum atomic E-state index is 12.9. The molecule has 0 unspecified atom stereocenters. The number of benzene rings is 7. The summed E-state index contributed by atoms with van der Waals surface area (Å²) in [7, 11) is 2.15. The van der Waals surface area contributed by atoms with Crippen LogP contribution < -0.4 is 192 Å². The maximum absolute atomic E-state index is 12.9. The van der Waals surface area contributed by atoms with Crippen LogP contribution >= 0.6 is 56.7 Å². The van der Waals surface area contributed by atoms with Gasteiger partial charge < -0.3 is 70.5 Å². The summed E-state index contributed by atoms with van der Waals surface area (Å²) in [5.41, 5.74) is 0. The van der Waals surface area contributed by atoms with Crippen molar-refractivity contribution >= 4 is 63.1 Å². The molecule has 0 amide bonds. The Kier molecular flexibility index (Phi) is 68.2. The first-order valence-corrected chi connectivity index (χ1v) is 39.4. The number of nitrogens with one attached hydrogen (secondary N) is 3. The van der Waals surface area contributed by atoms with Crippen molar-refractivity contribution in [3.8, 4) is 40.2 Å². The van der Waals surface area contributed by atoms with E-state index >= 15 is 0 Å². The summed E-state index contributed by atoms with van der Waals surface area (Å²) in [5.74, 6) is 3.41. The summed E-state index contributed by atoms with van der Waals surface area (Å²) in [6, 6.07) is 42.8. The summed E-state index contributed by atoms with van der Waals surface area (Å²) in [5, 5.41) is 20.0. The fraction of sp³-hybridized carbons (Fsp3) is 0.469. The van der Waals surface area contributed by atoms with Crippen LogP contribution in [0, 0.1) is 40.7 Å². The predicted molar refractivity (Wildman–Crippen MR) is 435 cm³/mol. The van der Waals surface area contributed by atoms with E-state index in [1.165, 1.54) is 130 Å². The van der Waals surface area contributed by atoms with Gasteiger partial charge >= 0.3 is 138 Å². The van der Waals surface area contributed by atoms with Gasteiger partial charge in [0.15, 0.2) is 0 Å². The smallest absolute Gasteiger partial charge is 1.00 e. The van der Waals surface area contributed by atoms with Crippen molar-refractivity contribution in [1.82, 2.24) is 45.3 Å². The topological polar surface area (TPSA) is 170 Å². The molecule has 7 aromatic rings. The van der Waals surface area contributed by atoms with Crippen molar-refractivity contribution in [3.63, 3.8) is 0 Å². The zero-order chi connectivity index (χ0) is 78.0. The van der Waals surface area contributed by atoms with Crippen LogP contribution in [0.3, 0.4) is 0 Å².